The summed E-state index contributed by atoms with van der Waals surface area (Å²) in [6.45, 7) is 0.421. The van der Waals surface area contributed by atoms with Crippen LogP contribution in [0.1, 0.15) is 12.1 Å². The van der Waals surface area contributed by atoms with E-state index in [9.17, 15) is 9.59 Å². The zero-order valence-electron chi connectivity index (χ0n) is 11.0. The van der Waals surface area contributed by atoms with E-state index in [0.717, 1.165) is 6.08 Å². The van der Waals surface area contributed by atoms with E-state index in [1.165, 1.54) is 12.3 Å². The molecule has 2 aromatic rings. The monoisotopic (exact) mass is 287 g/mol. The summed E-state index contributed by atoms with van der Waals surface area (Å²) < 4.78 is 1.55. The van der Waals surface area contributed by atoms with Crippen LogP contribution in [0.5, 0.6) is 0 Å². The second-order valence-corrected chi connectivity index (χ2v) is 4.08. The average Bonchev–Trinajstić information content (AvgIpc) is 2.97. The fourth-order valence-corrected chi connectivity index (χ4v) is 1.54. The smallest absolute Gasteiger partial charge is 0.328 e. The van der Waals surface area contributed by atoms with Crippen LogP contribution in [-0.2, 0) is 16.1 Å². The molecule has 21 heavy (non-hydrogen) atoms. The minimum Gasteiger partial charge on any atom is -0.478 e. The Morgan fingerprint density at radius 1 is 1.38 bits per heavy atom. The van der Waals surface area contributed by atoms with Crippen molar-refractivity contribution in [3.63, 3.8) is 0 Å². The third kappa shape index (κ3) is 4.86. The van der Waals surface area contributed by atoms with Gasteiger partial charge in [0.15, 0.2) is 0 Å². The zero-order chi connectivity index (χ0) is 15.1. The second-order valence-electron chi connectivity index (χ2n) is 4.08. The van der Waals surface area contributed by atoms with Crippen molar-refractivity contribution < 1.29 is 14.7 Å². The number of carbonyl (C=O) groups excluding carboxylic acids is 1. The molecule has 0 saturated carbocycles. The van der Waals surface area contributed by atoms with E-state index >= 15 is 0 Å². The lowest BCUT2D eigenvalue weighted by Gasteiger charge is -2.05. The Balaban J connectivity index is 1.91. The lowest BCUT2D eigenvalue weighted by molar-refractivity contribution is -0.131. The number of hydrogen-bond acceptors (Lipinski definition) is 5. The molecule has 2 aromatic heterocycles. The lowest BCUT2D eigenvalue weighted by atomic mass is 10.3. The van der Waals surface area contributed by atoms with Crippen LogP contribution >= 0.6 is 0 Å². The van der Waals surface area contributed by atoms with E-state index in [1.54, 1.807) is 29.1 Å². The first-order valence-electron chi connectivity index (χ1n) is 6.15. The summed E-state index contributed by atoms with van der Waals surface area (Å²) in [5.41, 5.74) is 0.450. The Morgan fingerprint density at radius 3 is 2.95 bits per heavy atom. The maximum absolute atomic E-state index is 11.8. The summed E-state index contributed by atoms with van der Waals surface area (Å²) in [6, 6.07) is 4.96. The summed E-state index contributed by atoms with van der Waals surface area (Å²) in [5, 5.41) is 18.6. The van der Waals surface area contributed by atoms with Gasteiger partial charge < -0.3 is 10.4 Å². The van der Waals surface area contributed by atoms with Crippen molar-refractivity contribution in [2.45, 2.75) is 13.0 Å². The van der Waals surface area contributed by atoms with E-state index in [-0.39, 0.29) is 12.3 Å². The predicted octanol–water partition coefficient (Wildman–Crippen LogP) is 0.800. The molecule has 0 aromatic carbocycles. The Labute approximate surface area is 120 Å². The van der Waals surface area contributed by atoms with Gasteiger partial charge >= 0.3 is 5.97 Å². The molecule has 2 heterocycles. The lowest BCUT2D eigenvalue weighted by Crippen LogP contribution is -2.15. The highest BCUT2D eigenvalue weighted by Crippen LogP contribution is 2.07. The Morgan fingerprint density at radius 2 is 2.24 bits per heavy atom. The van der Waals surface area contributed by atoms with Gasteiger partial charge in [-0.25, -0.2) is 9.78 Å². The van der Waals surface area contributed by atoms with Crippen molar-refractivity contribution in [3.8, 4) is 0 Å². The molecule has 0 fully saturated rings. The zero-order valence-corrected chi connectivity index (χ0v) is 11.0. The molecule has 0 aliphatic heterocycles. The van der Waals surface area contributed by atoms with E-state index in [1.807, 2.05) is 0 Å². The predicted molar refractivity (Wildman–Crippen MR) is 74.2 cm³/mol. The van der Waals surface area contributed by atoms with Crippen LogP contribution in [-0.4, -0.2) is 37.0 Å². The fraction of sp³-hybridized carbons (Fsp3) is 0.154. The number of aromatic nitrogens is 4. The summed E-state index contributed by atoms with van der Waals surface area (Å²) >= 11 is 0. The van der Waals surface area contributed by atoms with Crippen LogP contribution in [0.15, 0.2) is 36.7 Å². The third-order valence-corrected chi connectivity index (χ3v) is 2.47. The number of nitrogens with zero attached hydrogens (tertiary/aromatic N) is 4. The molecule has 0 bridgehead atoms. The highest BCUT2D eigenvalue weighted by Gasteiger charge is 2.04. The number of anilines is 1. The molecule has 0 radical (unpaired) electrons. The van der Waals surface area contributed by atoms with Crippen LogP contribution in [0, 0.1) is 0 Å². The summed E-state index contributed by atoms with van der Waals surface area (Å²) in [7, 11) is 0. The van der Waals surface area contributed by atoms with Gasteiger partial charge in [-0.1, -0.05) is 11.3 Å². The molecule has 1 amide bonds. The molecule has 2 rings (SSSR count). The molecule has 2 N–H and O–H groups in total. The first-order valence-corrected chi connectivity index (χ1v) is 6.15. The molecular weight excluding hydrogens is 274 g/mol. The molecule has 8 heteroatoms. The number of aryl methyl sites for hydroxylation is 1. The molecule has 0 saturated heterocycles. The minimum absolute atomic E-state index is 0.211. The quantitative estimate of drug-likeness (QED) is 0.760. The summed E-state index contributed by atoms with van der Waals surface area (Å²) in [4.78, 5) is 26.3. The van der Waals surface area contributed by atoms with Crippen molar-refractivity contribution in [2.75, 3.05) is 5.32 Å². The number of rotatable bonds is 6. The van der Waals surface area contributed by atoms with Crippen LogP contribution in [0.3, 0.4) is 0 Å². The van der Waals surface area contributed by atoms with Gasteiger partial charge in [0.25, 0.3) is 0 Å². The first-order chi connectivity index (χ1) is 10.1. The van der Waals surface area contributed by atoms with E-state index in [2.05, 4.69) is 20.6 Å². The molecule has 0 aliphatic rings. The Bertz CT molecular complexity index is 652. The van der Waals surface area contributed by atoms with E-state index in [4.69, 9.17) is 5.11 Å². The van der Waals surface area contributed by atoms with Crippen LogP contribution in [0.4, 0.5) is 5.82 Å². The van der Waals surface area contributed by atoms with Gasteiger partial charge in [0, 0.05) is 18.7 Å². The maximum Gasteiger partial charge on any atom is 0.328 e. The van der Waals surface area contributed by atoms with Gasteiger partial charge in [-0.15, -0.1) is 5.10 Å². The highest BCUT2D eigenvalue weighted by molar-refractivity contribution is 5.90. The number of pyridine rings is 1. The molecule has 8 nitrogen and oxygen atoms in total. The molecule has 0 atom stereocenters. The van der Waals surface area contributed by atoms with Crippen LogP contribution in [0.25, 0.3) is 6.08 Å². The number of carbonyl (C=O) groups is 2. The number of carboxylic acid groups (broad SMARTS) is 1. The van der Waals surface area contributed by atoms with Gasteiger partial charge in [0.1, 0.15) is 5.82 Å². The molecular formula is C13H13N5O3. The van der Waals surface area contributed by atoms with Crippen molar-refractivity contribution in [2.24, 2.45) is 0 Å². The fourth-order valence-electron chi connectivity index (χ4n) is 1.54. The van der Waals surface area contributed by atoms with E-state index < -0.39 is 5.97 Å². The largest absolute Gasteiger partial charge is 0.478 e. The Kier molecular flexibility index (Phi) is 4.75. The molecule has 108 valence electrons. The van der Waals surface area contributed by atoms with Crippen LogP contribution < -0.4 is 5.32 Å². The van der Waals surface area contributed by atoms with Crippen molar-refractivity contribution in [1.29, 1.82) is 0 Å². The minimum atomic E-state index is -1.06. The van der Waals surface area contributed by atoms with Crippen molar-refractivity contribution in [1.82, 2.24) is 20.0 Å². The van der Waals surface area contributed by atoms with Crippen LogP contribution in [0.2, 0.25) is 0 Å². The van der Waals surface area contributed by atoms with Gasteiger partial charge in [0.05, 0.1) is 18.4 Å². The molecule has 0 aliphatic carbocycles. The van der Waals surface area contributed by atoms with Gasteiger partial charge in [-0.3, -0.25) is 9.48 Å². The summed E-state index contributed by atoms with van der Waals surface area (Å²) in [5.74, 6) is -0.900. The number of hydrogen-bond donors (Lipinski definition) is 2. The first kappa shape index (κ1) is 14.4. The maximum atomic E-state index is 11.8. The highest BCUT2D eigenvalue weighted by atomic mass is 16.4. The number of aliphatic carboxylic acids is 1. The van der Waals surface area contributed by atoms with E-state index in [0.29, 0.717) is 18.1 Å². The number of carboxylic acids is 1. The Hall–Kier alpha value is -3.03. The van der Waals surface area contributed by atoms with Crippen molar-refractivity contribution >= 4 is 23.8 Å². The van der Waals surface area contributed by atoms with Gasteiger partial charge in [-0.05, 0) is 18.2 Å². The molecule has 0 unspecified atom stereocenters. The second kappa shape index (κ2) is 6.94. The normalized spacial score (nSPS) is 10.7. The number of nitrogens with one attached hydrogen (secondary N) is 1. The standard InChI is InChI=1S/C13H13N5O3/c19-12(6-8-18-9-7-14-17-18)16-11-3-1-2-10(15-11)4-5-13(20)21/h1-5,7,9H,6,8H2,(H,20,21)(H,15,16,19). The SMILES string of the molecule is O=C(O)C=Cc1cccc(NC(=O)CCn2ccnn2)n1. The van der Waals surface area contributed by atoms with Gasteiger partial charge in [0.2, 0.25) is 5.91 Å². The topological polar surface area (TPSA) is 110 Å². The average molecular weight is 287 g/mol. The van der Waals surface area contributed by atoms with Crippen molar-refractivity contribution in [3.05, 3.63) is 42.4 Å². The molecule has 0 spiro atoms. The number of amides is 1. The third-order valence-electron chi connectivity index (χ3n) is 2.47. The summed E-state index contributed by atoms with van der Waals surface area (Å²) in [6.07, 6.45) is 5.78. The van der Waals surface area contributed by atoms with Gasteiger partial charge in [-0.2, -0.15) is 0 Å².